The molecule has 23 heavy (non-hydrogen) atoms. The highest BCUT2D eigenvalue weighted by atomic mass is 16.5. The highest BCUT2D eigenvalue weighted by Gasteiger charge is 2.55. The first-order chi connectivity index (χ1) is 11.0. The summed E-state index contributed by atoms with van der Waals surface area (Å²) in [5.41, 5.74) is -0.718. The minimum atomic E-state index is -0.718. The second-order valence-corrected chi connectivity index (χ2v) is 6.76. The second-order valence-electron chi connectivity index (χ2n) is 6.76. The molecule has 0 aromatic heterocycles. The van der Waals surface area contributed by atoms with Gasteiger partial charge in [0, 0.05) is 20.2 Å². The Morgan fingerprint density at radius 2 is 2.00 bits per heavy atom. The van der Waals surface area contributed by atoms with Gasteiger partial charge in [-0.1, -0.05) is 19.3 Å². The van der Waals surface area contributed by atoms with Crippen LogP contribution < -0.4 is 5.32 Å². The van der Waals surface area contributed by atoms with Gasteiger partial charge in [0.1, 0.15) is 12.1 Å². The number of hydrogen-bond acceptors (Lipinski definition) is 4. The molecule has 1 N–H and O–H groups in total. The maximum Gasteiger partial charge on any atom is 0.327 e. The van der Waals surface area contributed by atoms with Crippen molar-refractivity contribution in [2.24, 2.45) is 0 Å². The van der Waals surface area contributed by atoms with Crippen LogP contribution in [-0.2, 0) is 14.3 Å². The summed E-state index contributed by atoms with van der Waals surface area (Å²) in [6, 6.07) is -0.357. The zero-order valence-corrected chi connectivity index (χ0v) is 13.7. The minimum Gasteiger partial charge on any atom is -0.376 e. The molecule has 2 aliphatic heterocycles. The number of hydrogen-bond donors (Lipinski definition) is 1. The van der Waals surface area contributed by atoms with Crippen LogP contribution in [0.5, 0.6) is 0 Å². The maximum atomic E-state index is 12.8. The normalized spacial score (nSPS) is 27.1. The smallest absolute Gasteiger partial charge is 0.327 e. The van der Waals surface area contributed by atoms with Crippen LogP contribution in [0.1, 0.15) is 44.9 Å². The van der Waals surface area contributed by atoms with Crippen molar-refractivity contribution in [3.63, 3.8) is 0 Å². The summed E-state index contributed by atoms with van der Waals surface area (Å²) in [7, 11) is 1.68. The molecule has 0 aromatic carbocycles. The van der Waals surface area contributed by atoms with Crippen molar-refractivity contribution in [2.45, 2.75) is 56.6 Å². The number of urea groups is 1. The van der Waals surface area contributed by atoms with E-state index in [9.17, 15) is 14.4 Å². The number of amides is 4. The summed E-state index contributed by atoms with van der Waals surface area (Å²) in [4.78, 5) is 39.9. The molecule has 2 saturated heterocycles. The minimum absolute atomic E-state index is 0.0521. The van der Waals surface area contributed by atoms with Crippen LogP contribution in [0.4, 0.5) is 4.79 Å². The molecule has 1 spiro atoms. The van der Waals surface area contributed by atoms with Gasteiger partial charge < -0.3 is 15.0 Å². The Balaban J connectivity index is 1.59. The summed E-state index contributed by atoms with van der Waals surface area (Å²) in [6.45, 7) is 0.976. The summed E-state index contributed by atoms with van der Waals surface area (Å²) >= 11 is 0. The molecule has 128 valence electrons. The molecule has 0 unspecified atom stereocenters. The van der Waals surface area contributed by atoms with Gasteiger partial charge in [-0.3, -0.25) is 14.5 Å². The number of carbonyl (C=O) groups excluding carboxylic acids is 3. The number of carbonyl (C=O) groups is 3. The number of nitrogens with one attached hydrogen (secondary N) is 1. The first-order valence-electron chi connectivity index (χ1n) is 8.53. The molecule has 1 aliphatic carbocycles. The van der Waals surface area contributed by atoms with Crippen LogP contribution in [0.15, 0.2) is 0 Å². The van der Waals surface area contributed by atoms with E-state index in [4.69, 9.17) is 4.74 Å². The number of likely N-dealkylation sites (N-methyl/N-ethyl adjacent to an activating group) is 1. The van der Waals surface area contributed by atoms with E-state index >= 15 is 0 Å². The lowest BCUT2D eigenvalue weighted by Crippen LogP contribution is -2.49. The molecular weight excluding hydrogens is 298 g/mol. The van der Waals surface area contributed by atoms with E-state index in [2.05, 4.69) is 5.32 Å². The third-order valence-corrected chi connectivity index (χ3v) is 5.34. The van der Waals surface area contributed by atoms with E-state index in [0.717, 1.165) is 43.6 Å². The Bertz CT molecular complexity index is 496. The largest absolute Gasteiger partial charge is 0.376 e. The van der Waals surface area contributed by atoms with Crippen LogP contribution in [0.3, 0.4) is 0 Å². The van der Waals surface area contributed by atoms with Gasteiger partial charge in [-0.25, -0.2) is 4.79 Å². The summed E-state index contributed by atoms with van der Waals surface area (Å²) < 4.78 is 5.45. The molecule has 0 aromatic rings. The van der Waals surface area contributed by atoms with Gasteiger partial charge in [-0.15, -0.1) is 0 Å². The standard InChI is InChI=1S/C16H25N3O4/c1-18-15(22)19(14(21)16(18)7-3-2-4-8-16)11-13(20)17-10-12-6-5-9-23-12/h12H,2-11H2,1H3,(H,17,20)/t12-/m1/s1. The molecule has 3 rings (SSSR count). The van der Waals surface area contributed by atoms with E-state index in [-0.39, 0.29) is 30.5 Å². The summed E-state index contributed by atoms with van der Waals surface area (Å²) in [5, 5.41) is 2.77. The summed E-state index contributed by atoms with van der Waals surface area (Å²) in [6.07, 6.45) is 6.38. The first kappa shape index (κ1) is 16.2. The number of rotatable bonds is 4. The molecule has 3 fully saturated rings. The van der Waals surface area contributed by atoms with Gasteiger partial charge in [-0.2, -0.15) is 0 Å². The van der Waals surface area contributed by atoms with Crippen LogP contribution in [0.25, 0.3) is 0 Å². The van der Waals surface area contributed by atoms with Gasteiger partial charge in [0.2, 0.25) is 5.91 Å². The average Bonchev–Trinajstić information content (AvgIpc) is 3.14. The van der Waals surface area contributed by atoms with Crippen molar-refractivity contribution < 1.29 is 19.1 Å². The zero-order valence-electron chi connectivity index (χ0n) is 13.7. The molecule has 0 radical (unpaired) electrons. The third-order valence-electron chi connectivity index (χ3n) is 5.34. The Morgan fingerprint density at radius 3 is 2.65 bits per heavy atom. The van der Waals surface area contributed by atoms with Crippen molar-refractivity contribution in [1.29, 1.82) is 0 Å². The number of ether oxygens (including phenoxy) is 1. The van der Waals surface area contributed by atoms with Crippen LogP contribution in [-0.4, -0.2) is 66.0 Å². The molecule has 1 atom stereocenters. The van der Waals surface area contributed by atoms with E-state index in [1.807, 2.05) is 0 Å². The molecule has 7 nitrogen and oxygen atoms in total. The second kappa shape index (κ2) is 6.47. The molecule has 3 aliphatic rings. The van der Waals surface area contributed by atoms with Gasteiger partial charge in [0.05, 0.1) is 6.10 Å². The molecule has 7 heteroatoms. The molecule has 1 saturated carbocycles. The monoisotopic (exact) mass is 323 g/mol. The maximum absolute atomic E-state index is 12.8. The van der Waals surface area contributed by atoms with Crippen molar-refractivity contribution in [3.05, 3.63) is 0 Å². The van der Waals surface area contributed by atoms with Crippen molar-refractivity contribution in [2.75, 3.05) is 26.7 Å². The van der Waals surface area contributed by atoms with Gasteiger partial charge in [-0.05, 0) is 25.7 Å². The van der Waals surface area contributed by atoms with E-state index < -0.39 is 5.54 Å². The third kappa shape index (κ3) is 2.94. The van der Waals surface area contributed by atoms with Gasteiger partial charge >= 0.3 is 6.03 Å². The van der Waals surface area contributed by atoms with Crippen molar-refractivity contribution >= 4 is 17.8 Å². The van der Waals surface area contributed by atoms with E-state index in [1.54, 1.807) is 11.9 Å². The number of nitrogens with zero attached hydrogens (tertiary/aromatic N) is 2. The van der Waals surface area contributed by atoms with Crippen LogP contribution in [0.2, 0.25) is 0 Å². The predicted molar refractivity (Wildman–Crippen MR) is 82.7 cm³/mol. The lowest BCUT2D eigenvalue weighted by Gasteiger charge is -2.35. The Morgan fingerprint density at radius 1 is 1.26 bits per heavy atom. The topological polar surface area (TPSA) is 79.0 Å². The van der Waals surface area contributed by atoms with Gasteiger partial charge in [0.25, 0.3) is 5.91 Å². The fourth-order valence-corrected chi connectivity index (χ4v) is 3.90. The molecular formula is C16H25N3O4. The Kier molecular flexibility index (Phi) is 4.57. The van der Waals surface area contributed by atoms with Gasteiger partial charge in [0.15, 0.2) is 0 Å². The molecule has 0 bridgehead atoms. The van der Waals surface area contributed by atoms with Crippen molar-refractivity contribution in [3.8, 4) is 0 Å². The molecule has 2 heterocycles. The zero-order chi connectivity index (χ0) is 16.4. The molecule has 4 amide bonds. The number of imide groups is 1. The van der Waals surface area contributed by atoms with Crippen LogP contribution in [0, 0.1) is 0 Å². The fraction of sp³-hybridized carbons (Fsp3) is 0.812. The highest BCUT2D eigenvalue weighted by molar-refractivity contribution is 6.08. The first-order valence-corrected chi connectivity index (χ1v) is 8.53. The lowest BCUT2D eigenvalue weighted by molar-refractivity contribution is -0.137. The van der Waals surface area contributed by atoms with Crippen LogP contribution >= 0.6 is 0 Å². The van der Waals surface area contributed by atoms with Crippen molar-refractivity contribution in [1.82, 2.24) is 15.1 Å². The average molecular weight is 323 g/mol. The predicted octanol–water partition coefficient (Wildman–Crippen LogP) is 0.878. The van der Waals surface area contributed by atoms with E-state index in [0.29, 0.717) is 19.4 Å². The van der Waals surface area contributed by atoms with E-state index in [1.165, 1.54) is 0 Å². The lowest BCUT2D eigenvalue weighted by atomic mass is 9.81. The Hall–Kier alpha value is -1.63. The summed E-state index contributed by atoms with van der Waals surface area (Å²) in [5.74, 6) is -0.513. The Labute approximate surface area is 136 Å². The highest BCUT2D eigenvalue weighted by Crippen LogP contribution is 2.39. The quantitative estimate of drug-likeness (QED) is 0.779. The fourth-order valence-electron chi connectivity index (χ4n) is 3.90. The SMILES string of the molecule is CN1C(=O)N(CC(=O)NC[C@H]2CCCO2)C(=O)C12CCCCC2.